The molecule has 0 saturated heterocycles. The molecule has 0 saturated carbocycles. The number of benzene rings is 2. The van der Waals surface area contributed by atoms with Crippen LogP contribution in [0.25, 0.3) is 0 Å². The molecule has 0 bridgehead atoms. The fourth-order valence-electron chi connectivity index (χ4n) is 2.38. The Balaban J connectivity index is 2.02. The van der Waals surface area contributed by atoms with E-state index in [4.69, 9.17) is 0 Å². The van der Waals surface area contributed by atoms with Crippen LogP contribution in [0.3, 0.4) is 0 Å². The van der Waals surface area contributed by atoms with Gasteiger partial charge in [-0.1, -0.05) is 43.0 Å². The molecular weight excluding hydrogens is 294 g/mol. The Hall–Kier alpha value is -2.34. The number of aryl methyl sites for hydroxylation is 3. The van der Waals surface area contributed by atoms with Crippen molar-refractivity contribution in [3.8, 4) is 17.6 Å². The topological polar surface area (TPSA) is 9.23 Å². The molecule has 2 rings (SSSR count). The molecule has 2 aromatic carbocycles. The second-order valence-electron chi connectivity index (χ2n) is 5.33. The van der Waals surface area contributed by atoms with E-state index in [1.165, 1.54) is 5.56 Å². The van der Waals surface area contributed by atoms with E-state index < -0.39 is 6.61 Å². The number of ether oxygens (including phenoxy) is 1. The standard InChI is InChI=1S/C20H20F2O/c1-3-4-6-16-7-5-8-17(14-16)9-10-18-11-12-19(15(2)13-18)23-20(21)22/h5,7-8,11-14,20H,3,9-10H2,1-2H3. The van der Waals surface area contributed by atoms with E-state index >= 15 is 0 Å². The Labute approximate surface area is 136 Å². The Morgan fingerprint density at radius 3 is 2.43 bits per heavy atom. The summed E-state index contributed by atoms with van der Waals surface area (Å²) in [6.07, 6.45) is 2.58. The molecular formula is C20H20F2O. The van der Waals surface area contributed by atoms with Crippen LogP contribution in [-0.4, -0.2) is 6.61 Å². The van der Waals surface area contributed by atoms with E-state index in [1.807, 2.05) is 31.2 Å². The molecule has 0 aliphatic carbocycles. The zero-order valence-electron chi connectivity index (χ0n) is 13.4. The van der Waals surface area contributed by atoms with E-state index in [0.717, 1.165) is 36.0 Å². The third-order valence-electron chi connectivity index (χ3n) is 3.49. The van der Waals surface area contributed by atoms with Gasteiger partial charge in [-0.05, 0) is 54.7 Å². The molecule has 0 fully saturated rings. The average molecular weight is 314 g/mol. The maximum Gasteiger partial charge on any atom is 0.387 e. The second-order valence-corrected chi connectivity index (χ2v) is 5.33. The fourth-order valence-corrected chi connectivity index (χ4v) is 2.38. The minimum Gasteiger partial charge on any atom is -0.435 e. The zero-order valence-corrected chi connectivity index (χ0v) is 13.4. The summed E-state index contributed by atoms with van der Waals surface area (Å²) in [5.74, 6) is 6.44. The molecule has 0 spiro atoms. The second kappa shape index (κ2) is 8.33. The lowest BCUT2D eigenvalue weighted by molar-refractivity contribution is -0.0503. The van der Waals surface area contributed by atoms with E-state index in [2.05, 4.69) is 28.7 Å². The normalized spacial score (nSPS) is 10.3. The van der Waals surface area contributed by atoms with Crippen molar-refractivity contribution in [1.82, 2.24) is 0 Å². The molecule has 0 atom stereocenters. The fraction of sp³-hybridized carbons (Fsp3) is 0.300. The Morgan fingerprint density at radius 1 is 1.04 bits per heavy atom. The van der Waals surface area contributed by atoms with Gasteiger partial charge in [-0.2, -0.15) is 8.78 Å². The molecule has 0 aromatic heterocycles. The van der Waals surface area contributed by atoms with Crippen molar-refractivity contribution in [2.24, 2.45) is 0 Å². The monoisotopic (exact) mass is 314 g/mol. The van der Waals surface area contributed by atoms with Gasteiger partial charge >= 0.3 is 6.61 Å². The van der Waals surface area contributed by atoms with Crippen LogP contribution < -0.4 is 4.74 Å². The third kappa shape index (κ3) is 5.41. The third-order valence-corrected chi connectivity index (χ3v) is 3.49. The summed E-state index contributed by atoms with van der Waals surface area (Å²) in [5, 5.41) is 0. The molecule has 2 aromatic rings. The summed E-state index contributed by atoms with van der Waals surface area (Å²) in [5.41, 5.74) is 4.08. The smallest absolute Gasteiger partial charge is 0.387 e. The molecule has 0 radical (unpaired) electrons. The van der Waals surface area contributed by atoms with Gasteiger partial charge in [0, 0.05) is 12.0 Å². The molecule has 0 aliphatic heterocycles. The van der Waals surface area contributed by atoms with Gasteiger partial charge in [0.15, 0.2) is 0 Å². The first-order valence-corrected chi connectivity index (χ1v) is 7.70. The largest absolute Gasteiger partial charge is 0.435 e. The van der Waals surface area contributed by atoms with Crippen LogP contribution in [0.1, 0.15) is 35.6 Å². The molecule has 120 valence electrons. The van der Waals surface area contributed by atoms with Gasteiger partial charge in [-0.15, -0.1) is 0 Å². The lowest BCUT2D eigenvalue weighted by atomic mass is 10.0. The SMILES string of the molecule is CCC#Cc1cccc(CCc2ccc(OC(F)F)c(C)c2)c1. The van der Waals surface area contributed by atoms with Gasteiger partial charge in [0.25, 0.3) is 0 Å². The number of halogens is 2. The lowest BCUT2D eigenvalue weighted by Gasteiger charge is -2.10. The van der Waals surface area contributed by atoms with Crippen LogP contribution in [0.15, 0.2) is 42.5 Å². The maximum atomic E-state index is 12.3. The highest BCUT2D eigenvalue weighted by Crippen LogP contribution is 2.22. The van der Waals surface area contributed by atoms with E-state index in [9.17, 15) is 8.78 Å². The van der Waals surface area contributed by atoms with Gasteiger partial charge in [-0.3, -0.25) is 0 Å². The summed E-state index contributed by atoms with van der Waals surface area (Å²) in [4.78, 5) is 0. The first-order chi connectivity index (χ1) is 11.1. The van der Waals surface area contributed by atoms with Gasteiger partial charge < -0.3 is 4.74 Å². The molecule has 1 nitrogen and oxygen atoms in total. The van der Waals surface area contributed by atoms with Crippen LogP contribution >= 0.6 is 0 Å². The predicted molar refractivity (Wildman–Crippen MR) is 88.8 cm³/mol. The van der Waals surface area contributed by atoms with Crippen molar-refractivity contribution < 1.29 is 13.5 Å². The lowest BCUT2D eigenvalue weighted by Crippen LogP contribution is -2.03. The summed E-state index contributed by atoms with van der Waals surface area (Å²) < 4.78 is 29.0. The number of alkyl halides is 2. The van der Waals surface area contributed by atoms with Crippen molar-refractivity contribution in [2.45, 2.75) is 39.7 Å². The Kier molecular flexibility index (Phi) is 6.17. The molecule has 0 heterocycles. The number of hydrogen-bond donors (Lipinski definition) is 0. The van der Waals surface area contributed by atoms with Gasteiger partial charge in [0.05, 0.1) is 0 Å². The van der Waals surface area contributed by atoms with E-state index in [-0.39, 0.29) is 5.75 Å². The van der Waals surface area contributed by atoms with Gasteiger partial charge in [0.1, 0.15) is 5.75 Å². The highest BCUT2D eigenvalue weighted by atomic mass is 19.3. The summed E-state index contributed by atoms with van der Waals surface area (Å²) in [6, 6.07) is 13.6. The van der Waals surface area contributed by atoms with E-state index in [1.54, 1.807) is 13.0 Å². The highest BCUT2D eigenvalue weighted by molar-refractivity contribution is 5.39. The van der Waals surface area contributed by atoms with Crippen LogP contribution in [0, 0.1) is 18.8 Å². The Bertz CT molecular complexity index is 711. The summed E-state index contributed by atoms with van der Waals surface area (Å²) in [7, 11) is 0. The predicted octanol–water partition coefficient (Wildman–Crippen LogP) is 5.14. The van der Waals surface area contributed by atoms with E-state index in [0.29, 0.717) is 0 Å². The van der Waals surface area contributed by atoms with Gasteiger partial charge in [-0.25, -0.2) is 0 Å². The molecule has 0 unspecified atom stereocenters. The minimum atomic E-state index is -2.79. The molecule has 0 amide bonds. The van der Waals surface area contributed by atoms with Crippen molar-refractivity contribution in [3.05, 3.63) is 64.7 Å². The summed E-state index contributed by atoms with van der Waals surface area (Å²) >= 11 is 0. The van der Waals surface area contributed by atoms with Crippen molar-refractivity contribution >= 4 is 0 Å². The van der Waals surface area contributed by atoms with Crippen molar-refractivity contribution in [1.29, 1.82) is 0 Å². The Morgan fingerprint density at radius 2 is 1.78 bits per heavy atom. The van der Waals surface area contributed by atoms with Crippen LogP contribution in [0.5, 0.6) is 5.75 Å². The van der Waals surface area contributed by atoms with Crippen LogP contribution in [-0.2, 0) is 12.8 Å². The molecule has 3 heteroatoms. The first-order valence-electron chi connectivity index (χ1n) is 7.70. The first kappa shape index (κ1) is 17.0. The summed E-state index contributed by atoms with van der Waals surface area (Å²) in [6.45, 7) is 1.02. The molecule has 0 aliphatic rings. The van der Waals surface area contributed by atoms with Crippen LogP contribution in [0.4, 0.5) is 8.78 Å². The van der Waals surface area contributed by atoms with Crippen molar-refractivity contribution in [3.63, 3.8) is 0 Å². The highest BCUT2D eigenvalue weighted by Gasteiger charge is 2.07. The van der Waals surface area contributed by atoms with Gasteiger partial charge in [0.2, 0.25) is 0 Å². The van der Waals surface area contributed by atoms with Crippen LogP contribution in [0.2, 0.25) is 0 Å². The number of hydrogen-bond acceptors (Lipinski definition) is 1. The zero-order chi connectivity index (χ0) is 16.7. The maximum absolute atomic E-state index is 12.3. The quantitative estimate of drug-likeness (QED) is 0.694. The minimum absolute atomic E-state index is 0.237. The van der Waals surface area contributed by atoms with Crippen molar-refractivity contribution in [2.75, 3.05) is 0 Å². The number of rotatable bonds is 5. The molecule has 0 N–H and O–H groups in total. The molecule has 23 heavy (non-hydrogen) atoms. The average Bonchev–Trinajstić information content (AvgIpc) is 2.53.